The van der Waals surface area contributed by atoms with Gasteiger partial charge in [0.25, 0.3) is 5.91 Å². The Bertz CT molecular complexity index is 1010. The van der Waals surface area contributed by atoms with Crippen LogP contribution in [0.15, 0.2) is 48.7 Å². The second-order valence-electron chi connectivity index (χ2n) is 7.11. The number of carbonyl (C=O) groups is 2. The van der Waals surface area contributed by atoms with E-state index in [4.69, 9.17) is 4.74 Å². The zero-order valence-electron chi connectivity index (χ0n) is 17.4. The Morgan fingerprint density at radius 2 is 1.87 bits per heavy atom. The van der Waals surface area contributed by atoms with Gasteiger partial charge in [-0.25, -0.2) is 13.4 Å². The minimum Gasteiger partial charge on any atom is -0.484 e. The number of carbonyl (C=O) groups excluding carboxylic acids is 2. The third-order valence-corrected chi connectivity index (χ3v) is 6.77. The second kappa shape index (κ2) is 10.4. The van der Waals surface area contributed by atoms with Crippen molar-refractivity contribution in [2.24, 2.45) is 0 Å². The summed E-state index contributed by atoms with van der Waals surface area (Å²) in [6.07, 6.45) is 1.71. The molecule has 0 radical (unpaired) electrons. The molecule has 2 heterocycles. The first kappa shape index (κ1) is 22.7. The Kier molecular flexibility index (Phi) is 7.59. The van der Waals surface area contributed by atoms with Gasteiger partial charge in [0.05, 0.1) is 5.75 Å². The van der Waals surface area contributed by atoms with Crippen LogP contribution in [0.2, 0.25) is 0 Å². The summed E-state index contributed by atoms with van der Waals surface area (Å²) in [5, 5.41) is 2.56. The zero-order valence-corrected chi connectivity index (χ0v) is 18.2. The van der Waals surface area contributed by atoms with Gasteiger partial charge in [-0.2, -0.15) is 4.31 Å². The highest BCUT2D eigenvalue weighted by Crippen LogP contribution is 2.15. The fraction of sp³-hybridized carbons (Fsp3) is 0.381. The van der Waals surface area contributed by atoms with Crippen LogP contribution in [0.4, 0.5) is 5.82 Å². The lowest BCUT2D eigenvalue weighted by Crippen LogP contribution is -2.50. The van der Waals surface area contributed by atoms with E-state index in [1.165, 1.54) is 11.2 Å². The lowest BCUT2D eigenvalue weighted by Gasteiger charge is -2.34. The van der Waals surface area contributed by atoms with Gasteiger partial charge in [-0.1, -0.05) is 18.2 Å². The predicted octanol–water partition coefficient (Wildman–Crippen LogP) is 0.931. The number of benzene rings is 1. The fourth-order valence-electron chi connectivity index (χ4n) is 3.19. The maximum Gasteiger partial charge on any atom is 0.257 e. The van der Waals surface area contributed by atoms with Crippen LogP contribution in [0.3, 0.4) is 0 Å². The standard InChI is InChI=1S/C21H26N4O5S/c1-17(26)18-5-4-6-19(15-18)30-16-21(27)23-9-14-31(28,29)25-12-10-24(11-13-25)20-7-2-3-8-22-20/h2-8,15H,9-14,16H2,1H3,(H,23,27). The molecule has 10 heteroatoms. The first-order valence-corrected chi connectivity index (χ1v) is 11.6. The Morgan fingerprint density at radius 1 is 1.10 bits per heavy atom. The largest absolute Gasteiger partial charge is 0.484 e. The van der Waals surface area contributed by atoms with Gasteiger partial charge in [0, 0.05) is 44.5 Å². The molecule has 1 saturated heterocycles. The number of nitrogens with one attached hydrogen (secondary N) is 1. The molecule has 1 N–H and O–H groups in total. The average Bonchev–Trinajstić information content (AvgIpc) is 2.78. The number of amides is 1. The number of rotatable bonds is 9. The average molecular weight is 447 g/mol. The van der Waals surface area contributed by atoms with Crippen molar-refractivity contribution >= 4 is 27.5 Å². The quantitative estimate of drug-likeness (QED) is 0.571. The number of piperazine rings is 1. The van der Waals surface area contributed by atoms with Gasteiger partial charge < -0.3 is 15.0 Å². The summed E-state index contributed by atoms with van der Waals surface area (Å²) < 4.78 is 32.0. The monoisotopic (exact) mass is 446 g/mol. The molecule has 1 aromatic carbocycles. The predicted molar refractivity (Wildman–Crippen MR) is 117 cm³/mol. The molecular weight excluding hydrogens is 420 g/mol. The van der Waals surface area contributed by atoms with E-state index >= 15 is 0 Å². The number of hydrogen-bond acceptors (Lipinski definition) is 7. The number of ketones is 1. The van der Waals surface area contributed by atoms with Crippen LogP contribution in [0.25, 0.3) is 0 Å². The molecule has 1 aliphatic heterocycles. The lowest BCUT2D eigenvalue weighted by molar-refractivity contribution is -0.122. The fourth-order valence-corrected chi connectivity index (χ4v) is 4.53. The van der Waals surface area contributed by atoms with Crippen molar-refractivity contribution in [3.63, 3.8) is 0 Å². The number of hydrogen-bond donors (Lipinski definition) is 1. The van der Waals surface area contributed by atoms with Crippen LogP contribution >= 0.6 is 0 Å². The zero-order chi connectivity index (χ0) is 22.3. The van der Waals surface area contributed by atoms with E-state index in [1.807, 2.05) is 23.1 Å². The summed E-state index contributed by atoms with van der Waals surface area (Å²) in [6.45, 7) is 3.07. The van der Waals surface area contributed by atoms with Crippen LogP contribution in [-0.4, -0.2) is 74.5 Å². The minimum atomic E-state index is -3.47. The van der Waals surface area contributed by atoms with Crippen LogP contribution < -0.4 is 15.0 Å². The summed E-state index contributed by atoms with van der Waals surface area (Å²) in [4.78, 5) is 29.7. The van der Waals surface area contributed by atoms with Crippen LogP contribution in [0, 0.1) is 0 Å². The van der Waals surface area contributed by atoms with Crippen molar-refractivity contribution in [3.05, 3.63) is 54.2 Å². The van der Waals surface area contributed by atoms with E-state index < -0.39 is 15.9 Å². The maximum atomic E-state index is 12.6. The van der Waals surface area contributed by atoms with Gasteiger partial charge in [-0.05, 0) is 31.2 Å². The van der Waals surface area contributed by atoms with Crippen molar-refractivity contribution in [1.82, 2.24) is 14.6 Å². The van der Waals surface area contributed by atoms with Gasteiger partial charge in [0.15, 0.2) is 12.4 Å². The van der Waals surface area contributed by atoms with Gasteiger partial charge in [-0.15, -0.1) is 0 Å². The molecule has 3 rings (SSSR count). The molecule has 0 saturated carbocycles. The highest BCUT2D eigenvalue weighted by molar-refractivity contribution is 7.89. The van der Waals surface area contributed by atoms with E-state index in [2.05, 4.69) is 10.3 Å². The van der Waals surface area contributed by atoms with Crippen molar-refractivity contribution in [2.45, 2.75) is 6.92 Å². The molecule has 1 aromatic heterocycles. The van der Waals surface area contributed by atoms with Crippen LogP contribution in [-0.2, 0) is 14.8 Å². The first-order chi connectivity index (χ1) is 14.8. The summed E-state index contributed by atoms with van der Waals surface area (Å²) in [5.41, 5.74) is 0.493. The third kappa shape index (κ3) is 6.50. The molecule has 31 heavy (non-hydrogen) atoms. The van der Waals surface area contributed by atoms with Crippen molar-refractivity contribution in [3.8, 4) is 5.75 Å². The first-order valence-electron chi connectivity index (χ1n) is 9.99. The molecule has 0 atom stereocenters. The number of anilines is 1. The second-order valence-corrected chi connectivity index (χ2v) is 9.20. The SMILES string of the molecule is CC(=O)c1cccc(OCC(=O)NCCS(=O)(=O)N2CCN(c3ccccn3)CC2)c1. The van der Waals surface area contributed by atoms with Gasteiger partial charge >= 0.3 is 0 Å². The Labute approximate surface area is 182 Å². The van der Waals surface area contributed by atoms with E-state index in [0.717, 1.165) is 5.82 Å². The molecule has 0 spiro atoms. The molecule has 2 aromatic rings. The van der Waals surface area contributed by atoms with Crippen molar-refractivity contribution < 1.29 is 22.7 Å². The van der Waals surface area contributed by atoms with E-state index in [9.17, 15) is 18.0 Å². The highest BCUT2D eigenvalue weighted by Gasteiger charge is 2.27. The molecule has 0 bridgehead atoms. The van der Waals surface area contributed by atoms with Gasteiger partial charge in [0.2, 0.25) is 10.0 Å². The van der Waals surface area contributed by atoms with E-state index in [-0.39, 0.29) is 24.7 Å². The third-order valence-electron chi connectivity index (χ3n) is 4.90. The molecular formula is C21H26N4O5S. The van der Waals surface area contributed by atoms with Crippen LogP contribution in [0.5, 0.6) is 5.75 Å². The molecule has 1 aliphatic rings. The topological polar surface area (TPSA) is 109 Å². The molecule has 9 nitrogen and oxygen atoms in total. The van der Waals surface area contributed by atoms with E-state index in [0.29, 0.717) is 37.5 Å². The summed E-state index contributed by atoms with van der Waals surface area (Å²) in [6, 6.07) is 12.2. The van der Waals surface area contributed by atoms with Crippen molar-refractivity contribution in [2.75, 3.05) is 50.0 Å². The number of aromatic nitrogens is 1. The van der Waals surface area contributed by atoms with Gasteiger partial charge in [0.1, 0.15) is 11.6 Å². The highest BCUT2D eigenvalue weighted by atomic mass is 32.2. The molecule has 166 valence electrons. The number of pyridine rings is 1. The minimum absolute atomic E-state index is 0.00152. The van der Waals surface area contributed by atoms with Crippen LogP contribution in [0.1, 0.15) is 17.3 Å². The molecule has 1 fully saturated rings. The number of Topliss-reactive ketones (excluding diaryl/α,β-unsaturated/α-hetero) is 1. The summed E-state index contributed by atoms with van der Waals surface area (Å²) >= 11 is 0. The molecule has 0 unspecified atom stereocenters. The maximum absolute atomic E-state index is 12.6. The number of nitrogens with zero attached hydrogens (tertiary/aromatic N) is 3. The van der Waals surface area contributed by atoms with E-state index in [1.54, 1.807) is 30.5 Å². The molecule has 0 aliphatic carbocycles. The Morgan fingerprint density at radius 3 is 2.55 bits per heavy atom. The summed E-state index contributed by atoms with van der Waals surface area (Å²) in [7, 11) is -3.47. The van der Waals surface area contributed by atoms with Gasteiger partial charge in [-0.3, -0.25) is 9.59 Å². The smallest absolute Gasteiger partial charge is 0.257 e. The summed E-state index contributed by atoms with van der Waals surface area (Å²) in [5.74, 6) is 0.536. The Balaban J connectivity index is 1.40. The lowest BCUT2D eigenvalue weighted by atomic mass is 10.1. The number of sulfonamides is 1. The molecule has 1 amide bonds. The normalized spacial score (nSPS) is 14.8. The number of ether oxygens (including phenoxy) is 1. The Hall–Kier alpha value is -2.98. The van der Waals surface area contributed by atoms with Crippen molar-refractivity contribution in [1.29, 1.82) is 0 Å².